The van der Waals surface area contributed by atoms with Crippen molar-refractivity contribution in [2.75, 3.05) is 11.2 Å². The highest BCUT2D eigenvalue weighted by atomic mass is 32.2. The van der Waals surface area contributed by atoms with Crippen molar-refractivity contribution in [2.24, 2.45) is 0 Å². The fourth-order valence-electron chi connectivity index (χ4n) is 1.98. The number of halogens is 1. The van der Waals surface area contributed by atoms with E-state index in [1.54, 1.807) is 41.7 Å². The van der Waals surface area contributed by atoms with Crippen LogP contribution in [0.5, 0.6) is 0 Å². The lowest BCUT2D eigenvalue weighted by Gasteiger charge is -2.18. The van der Waals surface area contributed by atoms with Gasteiger partial charge in [-0.1, -0.05) is 47.0 Å². The lowest BCUT2D eigenvalue weighted by Crippen LogP contribution is -2.23. The number of aromatic nitrogens is 3. The zero-order chi connectivity index (χ0) is 17.8. The molecule has 2 aromatic heterocycles. The number of hydrogen-bond donors (Lipinski definition) is 0. The summed E-state index contributed by atoms with van der Waals surface area (Å²) in [6, 6.07) is 6.18. The molecule has 3 rings (SSSR count). The Morgan fingerprint density at radius 1 is 1.28 bits per heavy atom. The van der Waals surface area contributed by atoms with Gasteiger partial charge in [0, 0.05) is 18.1 Å². The molecule has 0 atom stereocenters. The molecule has 0 N–H and O–H groups in total. The quantitative estimate of drug-likeness (QED) is 0.540. The molecular weight excluding hydrogens is 399 g/mol. The van der Waals surface area contributed by atoms with Gasteiger partial charge in [0.25, 0.3) is 0 Å². The van der Waals surface area contributed by atoms with Gasteiger partial charge in [-0.25, -0.2) is 9.37 Å². The molecule has 0 saturated carbocycles. The molecule has 0 aliphatic carbocycles. The van der Waals surface area contributed by atoms with Crippen molar-refractivity contribution >= 4 is 62.9 Å². The Balaban J connectivity index is 1.76. The van der Waals surface area contributed by atoms with E-state index in [0.717, 1.165) is 14.4 Å². The van der Waals surface area contributed by atoms with Crippen molar-refractivity contribution < 1.29 is 9.18 Å². The third-order valence-electron chi connectivity index (χ3n) is 3.05. The molecule has 0 spiro atoms. The number of rotatable bonds is 6. The Morgan fingerprint density at radius 3 is 2.72 bits per heavy atom. The molecule has 0 unspecified atom stereocenters. The van der Waals surface area contributed by atoms with Crippen LogP contribution in [0.4, 0.5) is 15.2 Å². The number of benzene rings is 1. The zero-order valence-electron chi connectivity index (χ0n) is 13.3. The summed E-state index contributed by atoms with van der Waals surface area (Å²) in [7, 11) is 0. The maximum Gasteiger partial charge on any atom is 0.230 e. The minimum absolute atomic E-state index is 0.206. The van der Waals surface area contributed by atoms with Crippen molar-refractivity contribution in [3.8, 4) is 0 Å². The van der Waals surface area contributed by atoms with Crippen LogP contribution < -0.4 is 4.90 Å². The van der Waals surface area contributed by atoms with Gasteiger partial charge < -0.3 is 0 Å². The van der Waals surface area contributed by atoms with Crippen molar-refractivity contribution in [1.29, 1.82) is 0 Å². The van der Waals surface area contributed by atoms with Crippen molar-refractivity contribution in [2.45, 2.75) is 21.4 Å². The SMILES string of the molecule is CSc1nnc(SCc2csc(N(C(C)=O)c3ccccc3F)n2)s1. The molecule has 1 aromatic carbocycles. The van der Waals surface area contributed by atoms with Gasteiger partial charge in [-0.15, -0.1) is 21.5 Å². The van der Waals surface area contributed by atoms with Crippen molar-refractivity contribution in [3.05, 3.63) is 41.2 Å². The van der Waals surface area contributed by atoms with Gasteiger partial charge in [-0.2, -0.15) is 0 Å². The van der Waals surface area contributed by atoms with Crippen LogP contribution in [0.25, 0.3) is 0 Å². The van der Waals surface area contributed by atoms with Gasteiger partial charge in [0.2, 0.25) is 5.91 Å². The fraction of sp³-hybridized carbons (Fsp3) is 0.200. The number of carbonyl (C=O) groups is 1. The average Bonchev–Trinajstić information content (AvgIpc) is 3.24. The van der Waals surface area contributed by atoms with E-state index in [4.69, 9.17) is 0 Å². The Morgan fingerprint density at radius 2 is 2.04 bits per heavy atom. The van der Waals surface area contributed by atoms with Crippen LogP contribution >= 0.6 is 46.2 Å². The summed E-state index contributed by atoms with van der Waals surface area (Å²) in [5, 5.41) is 10.5. The highest BCUT2D eigenvalue weighted by Crippen LogP contribution is 2.33. The first-order valence-corrected chi connectivity index (χ1v) is 11.0. The van der Waals surface area contributed by atoms with Gasteiger partial charge in [0.15, 0.2) is 13.8 Å². The topological polar surface area (TPSA) is 59.0 Å². The number of amides is 1. The second kappa shape index (κ2) is 8.26. The normalized spacial score (nSPS) is 10.8. The van der Waals surface area contributed by atoms with Gasteiger partial charge in [-0.05, 0) is 18.4 Å². The van der Waals surface area contributed by atoms with Crippen LogP contribution in [0.3, 0.4) is 0 Å². The zero-order valence-corrected chi connectivity index (χ0v) is 16.6. The molecule has 0 radical (unpaired) electrons. The number of carbonyl (C=O) groups excluding carboxylic acids is 1. The van der Waals surface area contributed by atoms with E-state index in [-0.39, 0.29) is 11.6 Å². The van der Waals surface area contributed by atoms with E-state index in [9.17, 15) is 9.18 Å². The second-order valence-corrected chi connectivity index (χ2v) is 8.84. The second-order valence-electron chi connectivity index (χ2n) is 4.75. The van der Waals surface area contributed by atoms with E-state index in [0.29, 0.717) is 10.9 Å². The molecule has 25 heavy (non-hydrogen) atoms. The van der Waals surface area contributed by atoms with Crippen LogP contribution in [0.2, 0.25) is 0 Å². The number of para-hydroxylation sites is 1. The lowest BCUT2D eigenvalue weighted by atomic mass is 10.3. The smallest absolute Gasteiger partial charge is 0.230 e. The Hall–Kier alpha value is -1.49. The summed E-state index contributed by atoms with van der Waals surface area (Å²) < 4.78 is 15.9. The number of thiazole rings is 1. The van der Waals surface area contributed by atoms with E-state index in [1.807, 2.05) is 11.6 Å². The van der Waals surface area contributed by atoms with E-state index in [2.05, 4.69) is 15.2 Å². The standard InChI is InChI=1S/C15H13FN4OS4/c1-9(21)20(12-6-4-3-5-11(12)16)13-17-10(7-23-13)8-24-15-19-18-14(22-2)25-15/h3-7H,8H2,1-2H3. The van der Waals surface area contributed by atoms with Crippen LogP contribution in [-0.2, 0) is 10.5 Å². The summed E-state index contributed by atoms with van der Waals surface area (Å²) in [5.74, 6) is -0.127. The van der Waals surface area contributed by atoms with Crippen molar-refractivity contribution in [1.82, 2.24) is 15.2 Å². The molecule has 3 aromatic rings. The number of hydrogen-bond acceptors (Lipinski definition) is 8. The first kappa shape index (κ1) is 18.3. The summed E-state index contributed by atoms with van der Waals surface area (Å²) >= 11 is 5.95. The lowest BCUT2D eigenvalue weighted by molar-refractivity contribution is -0.115. The highest BCUT2D eigenvalue weighted by molar-refractivity contribution is 8.02. The molecule has 2 heterocycles. The molecule has 10 heteroatoms. The number of thioether (sulfide) groups is 2. The summed E-state index contributed by atoms with van der Waals surface area (Å²) in [4.78, 5) is 17.8. The summed E-state index contributed by atoms with van der Waals surface area (Å²) in [5.41, 5.74) is 1.02. The molecule has 0 fully saturated rings. The maximum absolute atomic E-state index is 14.1. The predicted octanol–water partition coefficient (Wildman–Crippen LogP) is 4.83. The Bertz CT molecular complexity index is 882. The Kier molecular flexibility index (Phi) is 6.05. The molecule has 5 nitrogen and oxygen atoms in total. The van der Waals surface area contributed by atoms with E-state index < -0.39 is 5.82 Å². The third-order valence-corrected chi connectivity index (χ3v) is 6.99. The molecule has 0 aliphatic heterocycles. The van der Waals surface area contributed by atoms with Gasteiger partial charge in [0.05, 0.1) is 11.4 Å². The molecular formula is C15H13FN4OS4. The predicted molar refractivity (Wildman–Crippen MR) is 103 cm³/mol. The van der Waals surface area contributed by atoms with Gasteiger partial charge >= 0.3 is 0 Å². The molecule has 0 bridgehead atoms. The molecule has 0 saturated heterocycles. The van der Waals surface area contributed by atoms with Crippen LogP contribution in [-0.4, -0.2) is 27.3 Å². The van der Waals surface area contributed by atoms with Crippen LogP contribution in [0, 0.1) is 5.82 Å². The van der Waals surface area contributed by atoms with Crippen LogP contribution in [0.15, 0.2) is 38.3 Å². The number of anilines is 2. The summed E-state index contributed by atoms with van der Waals surface area (Å²) in [6.45, 7) is 1.40. The largest absolute Gasteiger partial charge is 0.274 e. The number of nitrogens with zero attached hydrogens (tertiary/aromatic N) is 4. The molecule has 130 valence electrons. The third kappa shape index (κ3) is 4.38. The molecule has 1 amide bonds. The first-order valence-electron chi connectivity index (χ1n) is 7.08. The Labute approximate surface area is 160 Å². The van der Waals surface area contributed by atoms with Gasteiger partial charge in [0.1, 0.15) is 5.82 Å². The highest BCUT2D eigenvalue weighted by Gasteiger charge is 2.21. The first-order chi connectivity index (χ1) is 12.1. The minimum atomic E-state index is -0.456. The van der Waals surface area contributed by atoms with Gasteiger partial charge in [-0.3, -0.25) is 9.69 Å². The average molecular weight is 413 g/mol. The van der Waals surface area contributed by atoms with E-state index in [1.165, 1.54) is 40.6 Å². The molecule has 0 aliphatic rings. The van der Waals surface area contributed by atoms with E-state index >= 15 is 0 Å². The minimum Gasteiger partial charge on any atom is -0.274 e. The van der Waals surface area contributed by atoms with Crippen molar-refractivity contribution in [3.63, 3.8) is 0 Å². The monoisotopic (exact) mass is 412 g/mol. The summed E-state index contributed by atoms with van der Waals surface area (Å²) in [6.07, 6.45) is 1.96. The fourth-order valence-corrected chi connectivity index (χ4v) is 5.30. The maximum atomic E-state index is 14.1. The van der Waals surface area contributed by atoms with Crippen LogP contribution in [0.1, 0.15) is 12.6 Å².